The maximum atomic E-state index is 13.2. The minimum atomic E-state index is -4.52. The largest absolute Gasteiger partial charge is 0.416 e. The molecule has 1 aliphatic heterocycles. The molecule has 2 N–H and O–H groups in total. The highest BCUT2D eigenvalue weighted by atomic mass is 19.4. The summed E-state index contributed by atoms with van der Waals surface area (Å²) in [7, 11) is 0. The third-order valence-electron chi connectivity index (χ3n) is 4.68. The number of nitrogens with zero attached hydrogens (tertiary/aromatic N) is 1. The van der Waals surface area contributed by atoms with Crippen LogP contribution in [0.25, 0.3) is 0 Å². The van der Waals surface area contributed by atoms with Crippen molar-refractivity contribution in [3.63, 3.8) is 0 Å². The van der Waals surface area contributed by atoms with Crippen LogP contribution in [0, 0.1) is 0 Å². The highest BCUT2D eigenvalue weighted by Crippen LogP contribution is 2.36. The van der Waals surface area contributed by atoms with Crippen molar-refractivity contribution in [2.24, 2.45) is 0 Å². The van der Waals surface area contributed by atoms with Gasteiger partial charge in [0.15, 0.2) is 0 Å². The lowest BCUT2D eigenvalue weighted by molar-refractivity contribution is -0.137. The molecule has 9 heteroatoms. The molecule has 2 amide bonds. The fourth-order valence-corrected chi connectivity index (χ4v) is 3.09. The Morgan fingerprint density at radius 1 is 1.07 bits per heavy atom. The lowest BCUT2D eigenvalue weighted by Crippen LogP contribution is -2.36. The van der Waals surface area contributed by atoms with E-state index in [9.17, 15) is 22.8 Å². The first-order valence-electron chi connectivity index (χ1n) is 9.43. The van der Waals surface area contributed by atoms with Gasteiger partial charge < -0.3 is 20.3 Å². The number of hydrogen-bond acceptors (Lipinski definition) is 4. The Hall–Kier alpha value is -3.07. The van der Waals surface area contributed by atoms with Crippen LogP contribution in [0.4, 0.5) is 24.5 Å². The molecule has 1 aliphatic rings. The number of carbonyl (C=O) groups is 2. The van der Waals surface area contributed by atoms with Crippen LogP contribution in [0.3, 0.4) is 0 Å². The van der Waals surface area contributed by atoms with E-state index in [1.54, 1.807) is 24.3 Å². The number of halogens is 3. The highest BCUT2D eigenvalue weighted by Gasteiger charge is 2.32. The average Bonchev–Trinajstić information content (AvgIpc) is 2.72. The number of anilines is 2. The number of nitrogens with one attached hydrogen (secondary N) is 2. The Morgan fingerprint density at radius 3 is 2.33 bits per heavy atom. The normalized spacial score (nSPS) is 14.3. The zero-order valence-electron chi connectivity index (χ0n) is 16.4. The van der Waals surface area contributed by atoms with Crippen molar-refractivity contribution in [3.8, 4) is 0 Å². The summed E-state index contributed by atoms with van der Waals surface area (Å²) in [5.74, 6) is -0.688. The first-order chi connectivity index (χ1) is 14.2. The molecular weight excluding hydrogens is 399 g/mol. The standard InChI is InChI=1S/C21H22F3N3O3/c1-14(28)25-13-15-2-4-16(5-3-15)20(29)26-18-12-17(21(22,23)24)6-7-19(18)27-8-10-30-11-9-27/h2-7,12H,8-11,13H2,1H3,(H,25,28)(H,26,29). The van der Waals surface area contributed by atoms with E-state index in [-0.39, 0.29) is 11.6 Å². The summed E-state index contributed by atoms with van der Waals surface area (Å²) in [5, 5.41) is 5.27. The molecule has 0 atom stereocenters. The summed E-state index contributed by atoms with van der Waals surface area (Å²) in [6.07, 6.45) is -4.52. The van der Waals surface area contributed by atoms with Gasteiger partial charge in [-0.2, -0.15) is 13.2 Å². The predicted molar refractivity (Wildman–Crippen MR) is 106 cm³/mol. The maximum Gasteiger partial charge on any atom is 0.416 e. The fourth-order valence-electron chi connectivity index (χ4n) is 3.09. The predicted octanol–water partition coefficient (Wildman–Crippen LogP) is 3.43. The molecule has 0 saturated carbocycles. The number of hydrogen-bond donors (Lipinski definition) is 2. The number of ether oxygens (including phenoxy) is 1. The quantitative estimate of drug-likeness (QED) is 0.776. The molecule has 2 aromatic carbocycles. The van der Waals surface area contributed by atoms with Crippen molar-refractivity contribution >= 4 is 23.2 Å². The van der Waals surface area contributed by atoms with Gasteiger partial charge in [-0.05, 0) is 35.9 Å². The molecule has 0 radical (unpaired) electrons. The van der Waals surface area contributed by atoms with Crippen LogP contribution in [0.15, 0.2) is 42.5 Å². The Morgan fingerprint density at radius 2 is 1.73 bits per heavy atom. The van der Waals surface area contributed by atoms with E-state index in [0.717, 1.165) is 17.7 Å². The van der Waals surface area contributed by atoms with E-state index in [1.807, 2.05) is 4.90 Å². The third kappa shape index (κ3) is 5.50. The minimum absolute atomic E-state index is 0.0963. The van der Waals surface area contributed by atoms with Crippen LogP contribution in [-0.4, -0.2) is 38.1 Å². The smallest absolute Gasteiger partial charge is 0.378 e. The topological polar surface area (TPSA) is 70.7 Å². The van der Waals surface area contributed by atoms with Gasteiger partial charge in [0.2, 0.25) is 5.91 Å². The van der Waals surface area contributed by atoms with E-state index < -0.39 is 17.6 Å². The third-order valence-corrected chi connectivity index (χ3v) is 4.68. The molecule has 1 fully saturated rings. The molecule has 1 saturated heterocycles. The van der Waals surface area contributed by atoms with Crippen LogP contribution < -0.4 is 15.5 Å². The number of carbonyl (C=O) groups excluding carboxylic acids is 2. The zero-order chi connectivity index (χ0) is 21.7. The maximum absolute atomic E-state index is 13.2. The lowest BCUT2D eigenvalue weighted by atomic mass is 10.1. The molecular formula is C21H22F3N3O3. The van der Waals surface area contributed by atoms with Gasteiger partial charge in [-0.15, -0.1) is 0 Å². The molecule has 3 rings (SSSR count). The summed E-state index contributed by atoms with van der Waals surface area (Å²) < 4.78 is 44.9. The van der Waals surface area contributed by atoms with Crippen LogP contribution in [0.2, 0.25) is 0 Å². The van der Waals surface area contributed by atoms with Gasteiger partial charge in [0.1, 0.15) is 0 Å². The molecule has 0 bridgehead atoms. The number of alkyl halides is 3. The monoisotopic (exact) mass is 421 g/mol. The van der Waals surface area contributed by atoms with E-state index in [1.165, 1.54) is 13.0 Å². The number of rotatable bonds is 5. The first kappa shape index (κ1) is 21.6. The highest BCUT2D eigenvalue weighted by molar-refractivity contribution is 6.06. The Bertz CT molecular complexity index is 908. The molecule has 2 aromatic rings. The molecule has 1 heterocycles. The van der Waals surface area contributed by atoms with Gasteiger partial charge in [0.05, 0.1) is 30.2 Å². The molecule has 0 spiro atoms. The Labute approximate surface area is 172 Å². The van der Waals surface area contributed by atoms with Crippen molar-refractivity contribution < 1.29 is 27.5 Å². The van der Waals surface area contributed by atoms with Crippen LogP contribution in [-0.2, 0) is 22.3 Å². The van der Waals surface area contributed by atoms with Crippen molar-refractivity contribution in [3.05, 3.63) is 59.2 Å². The SMILES string of the molecule is CC(=O)NCc1ccc(C(=O)Nc2cc(C(F)(F)F)ccc2N2CCOCC2)cc1. The average molecular weight is 421 g/mol. The summed E-state index contributed by atoms with van der Waals surface area (Å²) in [6.45, 7) is 3.70. The first-order valence-corrected chi connectivity index (χ1v) is 9.43. The van der Waals surface area contributed by atoms with Crippen LogP contribution in [0.1, 0.15) is 28.4 Å². The van der Waals surface area contributed by atoms with Crippen molar-refractivity contribution in [2.45, 2.75) is 19.6 Å². The van der Waals surface area contributed by atoms with Gasteiger partial charge in [-0.3, -0.25) is 9.59 Å². The van der Waals surface area contributed by atoms with Crippen molar-refractivity contribution in [1.82, 2.24) is 5.32 Å². The molecule has 6 nitrogen and oxygen atoms in total. The number of benzene rings is 2. The molecule has 30 heavy (non-hydrogen) atoms. The summed E-state index contributed by atoms with van der Waals surface area (Å²) in [4.78, 5) is 25.6. The number of morpholine rings is 1. The van der Waals surface area contributed by atoms with Gasteiger partial charge in [0, 0.05) is 32.1 Å². The zero-order valence-corrected chi connectivity index (χ0v) is 16.4. The van der Waals surface area contributed by atoms with Crippen molar-refractivity contribution in [2.75, 3.05) is 36.5 Å². The van der Waals surface area contributed by atoms with Crippen LogP contribution >= 0.6 is 0 Å². The van der Waals surface area contributed by atoms with E-state index >= 15 is 0 Å². The van der Waals surface area contributed by atoms with Gasteiger partial charge in [0.25, 0.3) is 5.91 Å². The second-order valence-electron chi connectivity index (χ2n) is 6.89. The van der Waals surface area contributed by atoms with Gasteiger partial charge >= 0.3 is 6.18 Å². The molecule has 0 unspecified atom stereocenters. The van der Waals surface area contributed by atoms with Crippen LogP contribution in [0.5, 0.6) is 0 Å². The summed E-state index contributed by atoms with van der Waals surface area (Å²) in [5.41, 5.74) is 0.878. The molecule has 0 aromatic heterocycles. The van der Waals surface area contributed by atoms with E-state index in [4.69, 9.17) is 4.74 Å². The minimum Gasteiger partial charge on any atom is -0.378 e. The summed E-state index contributed by atoms with van der Waals surface area (Å²) >= 11 is 0. The van der Waals surface area contributed by atoms with Crippen molar-refractivity contribution in [1.29, 1.82) is 0 Å². The van der Waals surface area contributed by atoms with E-state index in [0.29, 0.717) is 44.1 Å². The van der Waals surface area contributed by atoms with E-state index in [2.05, 4.69) is 10.6 Å². The Kier molecular flexibility index (Phi) is 6.61. The second kappa shape index (κ2) is 9.17. The van der Waals surface area contributed by atoms with Gasteiger partial charge in [-0.1, -0.05) is 12.1 Å². The Balaban J connectivity index is 1.82. The molecule has 160 valence electrons. The number of amides is 2. The fraction of sp³-hybridized carbons (Fsp3) is 0.333. The summed E-state index contributed by atoms with van der Waals surface area (Å²) in [6, 6.07) is 9.83. The second-order valence-corrected chi connectivity index (χ2v) is 6.89. The molecule has 0 aliphatic carbocycles. The lowest BCUT2D eigenvalue weighted by Gasteiger charge is -2.31. The van der Waals surface area contributed by atoms with Gasteiger partial charge in [-0.25, -0.2) is 0 Å².